The van der Waals surface area contributed by atoms with E-state index in [-0.39, 0.29) is 30.2 Å². The van der Waals surface area contributed by atoms with Crippen molar-refractivity contribution in [2.45, 2.75) is 26.7 Å². The zero-order valence-electron chi connectivity index (χ0n) is 11.6. The smallest absolute Gasteiger partial charge is 0.303 e. The molecule has 0 spiro atoms. The van der Waals surface area contributed by atoms with Crippen LogP contribution in [0.5, 0.6) is 0 Å². The zero-order chi connectivity index (χ0) is 15.6. The molecule has 1 N–H and O–H groups in total. The first-order valence-electron chi connectivity index (χ1n) is 6.26. The van der Waals surface area contributed by atoms with E-state index in [1.54, 1.807) is 13.8 Å². The topological polar surface area (TPSA) is 76.2 Å². The molecule has 0 aliphatic rings. The van der Waals surface area contributed by atoms with Crippen LogP contribution in [0.4, 0.5) is 8.78 Å². The summed E-state index contributed by atoms with van der Waals surface area (Å²) in [7, 11) is 0. The Kier molecular flexibility index (Phi) is 4.02. The largest absolute Gasteiger partial charge is 0.481 e. The summed E-state index contributed by atoms with van der Waals surface area (Å²) in [6, 6.07) is 3.27. The molecule has 0 unspecified atom stereocenters. The van der Waals surface area contributed by atoms with E-state index >= 15 is 0 Å². The van der Waals surface area contributed by atoms with Crippen LogP contribution < -0.4 is 0 Å². The molecule has 0 aliphatic heterocycles. The Bertz CT molecular complexity index is 668. The maximum Gasteiger partial charge on any atom is 0.303 e. The molecule has 0 radical (unpaired) electrons. The van der Waals surface area contributed by atoms with Gasteiger partial charge in [-0.05, 0) is 23.6 Å². The highest BCUT2D eigenvalue weighted by molar-refractivity contribution is 5.67. The normalized spacial score (nSPS) is 11.6. The Morgan fingerprint density at radius 2 is 2.00 bits per heavy atom. The monoisotopic (exact) mass is 296 g/mol. The van der Waals surface area contributed by atoms with Crippen LogP contribution >= 0.6 is 0 Å². The number of carbonyl (C=O) groups is 1. The van der Waals surface area contributed by atoms with Gasteiger partial charge in [0.05, 0.1) is 6.42 Å². The van der Waals surface area contributed by atoms with Gasteiger partial charge in [-0.15, -0.1) is 10.2 Å². The lowest BCUT2D eigenvalue weighted by molar-refractivity contribution is -0.139. The lowest BCUT2D eigenvalue weighted by Crippen LogP contribution is -2.19. The van der Waals surface area contributed by atoms with E-state index in [0.717, 1.165) is 12.1 Å². The van der Waals surface area contributed by atoms with Crippen molar-refractivity contribution in [3.05, 3.63) is 35.7 Å². The summed E-state index contributed by atoms with van der Waals surface area (Å²) < 4.78 is 31.4. The third-order valence-corrected chi connectivity index (χ3v) is 2.89. The quantitative estimate of drug-likeness (QED) is 0.917. The van der Waals surface area contributed by atoms with Crippen LogP contribution in [0.15, 0.2) is 22.6 Å². The molecule has 112 valence electrons. The molecule has 0 saturated heterocycles. The highest BCUT2D eigenvalue weighted by Crippen LogP contribution is 2.27. The number of aliphatic carboxylic acids is 1. The molecule has 2 rings (SSSR count). The van der Waals surface area contributed by atoms with Gasteiger partial charge in [0, 0.05) is 12.0 Å². The molecule has 5 nitrogen and oxygen atoms in total. The maximum atomic E-state index is 13.2. The molecular formula is C14H14F2N2O3. The van der Waals surface area contributed by atoms with Crippen molar-refractivity contribution in [1.82, 2.24) is 10.2 Å². The van der Waals surface area contributed by atoms with Crippen LogP contribution in [-0.4, -0.2) is 21.3 Å². The second-order valence-electron chi connectivity index (χ2n) is 5.54. The minimum atomic E-state index is -1.00. The molecule has 0 aliphatic carbocycles. The van der Waals surface area contributed by atoms with Crippen LogP contribution in [-0.2, 0) is 11.2 Å². The van der Waals surface area contributed by atoms with E-state index in [1.165, 1.54) is 6.07 Å². The standard InChI is InChI=1S/C14H14F2N2O3/c1-14(2,7-12(19)20)6-11-17-18-13(21-11)8-3-4-9(15)10(16)5-8/h3-5H,6-7H2,1-2H3,(H,19,20). The molecule has 0 fully saturated rings. The van der Waals surface area contributed by atoms with Crippen molar-refractivity contribution in [3.63, 3.8) is 0 Å². The number of carboxylic acids is 1. The van der Waals surface area contributed by atoms with Gasteiger partial charge in [0.15, 0.2) is 11.6 Å². The van der Waals surface area contributed by atoms with Crippen LogP contribution in [0.25, 0.3) is 11.5 Å². The third kappa shape index (κ3) is 3.84. The fourth-order valence-electron chi connectivity index (χ4n) is 1.95. The van der Waals surface area contributed by atoms with Gasteiger partial charge in [-0.2, -0.15) is 0 Å². The summed E-state index contributed by atoms with van der Waals surface area (Å²) in [4.78, 5) is 10.8. The first-order chi connectivity index (χ1) is 9.77. The van der Waals surface area contributed by atoms with E-state index in [9.17, 15) is 13.6 Å². The Labute approximate surface area is 119 Å². The van der Waals surface area contributed by atoms with Crippen LogP contribution in [0, 0.1) is 17.0 Å². The SMILES string of the molecule is CC(C)(CC(=O)O)Cc1nnc(-c2ccc(F)c(F)c2)o1. The molecular weight excluding hydrogens is 282 g/mol. The summed E-state index contributed by atoms with van der Waals surface area (Å²) in [5.74, 6) is -2.56. The van der Waals surface area contributed by atoms with Gasteiger partial charge in [-0.25, -0.2) is 8.78 Å². The number of benzene rings is 1. The van der Waals surface area contributed by atoms with E-state index in [4.69, 9.17) is 9.52 Å². The fraction of sp³-hybridized carbons (Fsp3) is 0.357. The molecule has 21 heavy (non-hydrogen) atoms. The highest BCUT2D eigenvalue weighted by Gasteiger charge is 2.25. The Morgan fingerprint density at radius 1 is 1.29 bits per heavy atom. The molecule has 0 amide bonds. The lowest BCUT2D eigenvalue weighted by atomic mass is 9.86. The van der Waals surface area contributed by atoms with E-state index in [1.807, 2.05) is 0 Å². The van der Waals surface area contributed by atoms with Crippen LogP contribution in [0.3, 0.4) is 0 Å². The van der Waals surface area contributed by atoms with Crippen LogP contribution in [0.2, 0.25) is 0 Å². The highest BCUT2D eigenvalue weighted by atomic mass is 19.2. The van der Waals surface area contributed by atoms with Gasteiger partial charge in [0.1, 0.15) is 0 Å². The summed E-state index contributed by atoms with van der Waals surface area (Å²) in [5.41, 5.74) is -0.285. The van der Waals surface area contributed by atoms with Crippen LogP contribution in [0.1, 0.15) is 26.2 Å². The van der Waals surface area contributed by atoms with Gasteiger partial charge in [-0.3, -0.25) is 4.79 Å². The number of halogens is 2. The summed E-state index contributed by atoms with van der Waals surface area (Å²) in [6.07, 6.45) is 0.228. The fourth-order valence-corrected chi connectivity index (χ4v) is 1.95. The van der Waals surface area contributed by atoms with Gasteiger partial charge in [0.25, 0.3) is 0 Å². The number of nitrogens with zero attached hydrogens (tertiary/aromatic N) is 2. The van der Waals surface area contributed by atoms with Crippen molar-refractivity contribution < 1.29 is 23.1 Å². The summed E-state index contributed by atoms with van der Waals surface area (Å²) >= 11 is 0. The number of hydrogen-bond acceptors (Lipinski definition) is 4. The van der Waals surface area contributed by atoms with Crippen molar-refractivity contribution in [3.8, 4) is 11.5 Å². The molecule has 0 atom stereocenters. The Morgan fingerprint density at radius 3 is 2.62 bits per heavy atom. The Balaban J connectivity index is 2.18. The zero-order valence-corrected chi connectivity index (χ0v) is 11.6. The number of carboxylic acid groups (broad SMARTS) is 1. The molecule has 1 heterocycles. The average molecular weight is 296 g/mol. The van der Waals surface area contributed by atoms with E-state index in [0.29, 0.717) is 0 Å². The minimum absolute atomic E-state index is 0.0457. The predicted octanol–water partition coefficient (Wildman–Crippen LogP) is 3.06. The Hall–Kier alpha value is -2.31. The van der Waals surface area contributed by atoms with Crippen molar-refractivity contribution in [2.24, 2.45) is 5.41 Å². The average Bonchev–Trinajstić information content (AvgIpc) is 2.78. The number of aromatic nitrogens is 2. The van der Waals surface area contributed by atoms with Crippen molar-refractivity contribution >= 4 is 5.97 Å². The predicted molar refractivity (Wildman–Crippen MR) is 69.4 cm³/mol. The second kappa shape index (κ2) is 5.59. The van der Waals surface area contributed by atoms with E-state index < -0.39 is 23.0 Å². The van der Waals surface area contributed by atoms with Gasteiger partial charge >= 0.3 is 5.97 Å². The first-order valence-corrected chi connectivity index (χ1v) is 6.26. The van der Waals surface area contributed by atoms with Gasteiger partial charge in [-0.1, -0.05) is 13.8 Å². The molecule has 1 aromatic carbocycles. The first kappa shape index (κ1) is 15.1. The van der Waals surface area contributed by atoms with Gasteiger partial charge in [0.2, 0.25) is 11.8 Å². The minimum Gasteiger partial charge on any atom is -0.481 e. The summed E-state index contributed by atoms with van der Waals surface area (Å²) in [5, 5.41) is 16.4. The maximum absolute atomic E-state index is 13.2. The third-order valence-electron chi connectivity index (χ3n) is 2.89. The molecule has 2 aromatic rings. The second-order valence-corrected chi connectivity index (χ2v) is 5.54. The molecule has 1 aromatic heterocycles. The van der Waals surface area contributed by atoms with Crippen molar-refractivity contribution in [2.75, 3.05) is 0 Å². The molecule has 7 heteroatoms. The lowest BCUT2D eigenvalue weighted by Gasteiger charge is -2.19. The van der Waals surface area contributed by atoms with Gasteiger partial charge < -0.3 is 9.52 Å². The number of hydrogen-bond donors (Lipinski definition) is 1. The molecule has 0 saturated carbocycles. The van der Waals surface area contributed by atoms with E-state index in [2.05, 4.69) is 10.2 Å². The molecule has 0 bridgehead atoms. The number of rotatable bonds is 5. The summed E-state index contributed by atoms with van der Waals surface area (Å²) in [6.45, 7) is 3.53. The van der Waals surface area contributed by atoms with Crippen molar-refractivity contribution in [1.29, 1.82) is 0 Å².